The molecule has 0 fully saturated rings. The van der Waals surface area contributed by atoms with E-state index in [1.54, 1.807) is 24.4 Å². The molecule has 0 aliphatic heterocycles. The van der Waals surface area contributed by atoms with E-state index in [1.807, 2.05) is 0 Å². The lowest BCUT2D eigenvalue weighted by molar-refractivity contribution is 0.637. The zero-order valence-electron chi connectivity index (χ0n) is 9.33. The highest BCUT2D eigenvalue weighted by Crippen LogP contribution is 2.19. The van der Waals surface area contributed by atoms with Gasteiger partial charge in [0.25, 0.3) is 0 Å². The molecule has 0 spiro atoms. The Hall–Kier alpha value is -1.48. The maximum atomic E-state index is 13.5. The van der Waals surface area contributed by atoms with Gasteiger partial charge in [-0.1, -0.05) is 13.0 Å². The molecular weight excluding hydrogens is 203 g/mol. The van der Waals surface area contributed by atoms with E-state index in [0.29, 0.717) is 5.39 Å². The number of nitrogens with zero attached hydrogens (tertiary/aromatic N) is 1. The average molecular weight is 218 g/mol. The normalized spacial score (nSPS) is 10.9. The second-order valence-corrected chi connectivity index (χ2v) is 3.78. The molecule has 1 N–H and O–H groups in total. The van der Waals surface area contributed by atoms with Gasteiger partial charge in [-0.3, -0.25) is 4.98 Å². The molecule has 0 bridgehead atoms. The molecule has 3 heteroatoms. The number of pyridine rings is 1. The molecule has 2 rings (SSSR count). The standard InChI is InChI=1S/C13H15FN2/c1-2-7-15-9-10-5-6-12(14)11-4-3-8-16-13(10)11/h3-6,8,15H,2,7,9H2,1H3. The molecule has 0 aliphatic carbocycles. The summed E-state index contributed by atoms with van der Waals surface area (Å²) in [5, 5.41) is 3.90. The molecule has 16 heavy (non-hydrogen) atoms. The number of aromatic nitrogens is 1. The van der Waals surface area contributed by atoms with Crippen LogP contribution in [-0.4, -0.2) is 11.5 Å². The Balaban J connectivity index is 2.35. The molecular formula is C13H15FN2. The summed E-state index contributed by atoms with van der Waals surface area (Å²) >= 11 is 0. The molecule has 0 saturated heterocycles. The van der Waals surface area contributed by atoms with Gasteiger partial charge < -0.3 is 5.32 Å². The highest BCUT2D eigenvalue weighted by molar-refractivity contribution is 5.82. The number of nitrogens with one attached hydrogen (secondary N) is 1. The van der Waals surface area contributed by atoms with Gasteiger partial charge in [-0.2, -0.15) is 0 Å². The van der Waals surface area contributed by atoms with Crippen molar-refractivity contribution in [2.24, 2.45) is 0 Å². The van der Waals surface area contributed by atoms with Crippen molar-refractivity contribution in [3.63, 3.8) is 0 Å². The summed E-state index contributed by atoms with van der Waals surface area (Å²) in [6.45, 7) is 3.82. The van der Waals surface area contributed by atoms with Crippen molar-refractivity contribution in [1.29, 1.82) is 0 Å². The summed E-state index contributed by atoms with van der Waals surface area (Å²) in [7, 11) is 0. The van der Waals surface area contributed by atoms with Gasteiger partial charge in [0.05, 0.1) is 5.52 Å². The molecule has 84 valence electrons. The van der Waals surface area contributed by atoms with E-state index < -0.39 is 0 Å². The van der Waals surface area contributed by atoms with Crippen LogP contribution >= 0.6 is 0 Å². The van der Waals surface area contributed by atoms with E-state index in [-0.39, 0.29) is 5.82 Å². The van der Waals surface area contributed by atoms with Crippen molar-refractivity contribution in [2.45, 2.75) is 19.9 Å². The maximum absolute atomic E-state index is 13.5. The van der Waals surface area contributed by atoms with E-state index >= 15 is 0 Å². The van der Waals surface area contributed by atoms with Gasteiger partial charge in [0.2, 0.25) is 0 Å². The Morgan fingerprint density at radius 1 is 1.31 bits per heavy atom. The van der Waals surface area contributed by atoms with Crippen molar-refractivity contribution in [1.82, 2.24) is 10.3 Å². The van der Waals surface area contributed by atoms with Gasteiger partial charge in [0.15, 0.2) is 0 Å². The number of halogens is 1. The molecule has 0 unspecified atom stereocenters. The number of hydrogen-bond acceptors (Lipinski definition) is 2. The minimum Gasteiger partial charge on any atom is -0.313 e. The first-order valence-electron chi connectivity index (χ1n) is 5.55. The fourth-order valence-electron chi connectivity index (χ4n) is 1.74. The Kier molecular flexibility index (Phi) is 3.47. The summed E-state index contributed by atoms with van der Waals surface area (Å²) in [5.74, 6) is -0.206. The van der Waals surface area contributed by atoms with Gasteiger partial charge in [-0.25, -0.2) is 4.39 Å². The van der Waals surface area contributed by atoms with Crippen LogP contribution in [0.1, 0.15) is 18.9 Å². The molecule has 1 aromatic carbocycles. The van der Waals surface area contributed by atoms with Crippen molar-refractivity contribution in [2.75, 3.05) is 6.54 Å². The maximum Gasteiger partial charge on any atom is 0.132 e. The zero-order valence-corrected chi connectivity index (χ0v) is 9.33. The zero-order chi connectivity index (χ0) is 11.4. The number of hydrogen-bond donors (Lipinski definition) is 1. The average Bonchev–Trinajstić information content (AvgIpc) is 2.33. The molecule has 1 aromatic heterocycles. The summed E-state index contributed by atoms with van der Waals surface area (Å²) in [6, 6.07) is 6.83. The number of benzene rings is 1. The van der Waals surface area contributed by atoms with E-state index in [1.165, 1.54) is 6.07 Å². The topological polar surface area (TPSA) is 24.9 Å². The van der Waals surface area contributed by atoms with Crippen molar-refractivity contribution in [3.05, 3.63) is 41.8 Å². The fourth-order valence-corrected chi connectivity index (χ4v) is 1.74. The van der Waals surface area contributed by atoms with Gasteiger partial charge in [0.1, 0.15) is 5.82 Å². The van der Waals surface area contributed by atoms with Gasteiger partial charge in [0, 0.05) is 18.1 Å². The lowest BCUT2D eigenvalue weighted by Gasteiger charge is -2.07. The van der Waals surface area contributed by atoms with Crippen LogP contribution in [0.15, 0.2) is 30.5 Å². The van der Waals surface area contributed by atoms with Gasteiger partial charge >= 0.3 is 0 Å². The summed E-state index contributed by atoms with van der Waals surface area (Å²) in [4.78, 5) is 4.24. The lowest BCUT2D eigenvalue weighted by atomic mass is 10.1. The Morgan fingerprint density at radius 2 is 2.19 bits per heavy atom. The lowest BCUT2D eigenvalue weighted by Crippen LogP contribution is -2.14. The monoisotopic (exact) mass is 218 g/mol. The highest BCUT2D eigenvalue weighted by Gasteiger charge is 2.05. The fraction of sp³-hybridized carbons (Fsp3) is 0.308. The molecule has 0 radical (unpaired) electrons. The van der Waals surface area contributed by atoms with Crippen LogP contribution < -0.4 is 5.32 Å². The second kappa shape index (κ2) is 5.03. The Bertz CT molecular complexity index is 482. The number of fused-ring (bicyclic) bond motifs is 1. The summed E-state index contributed by atoms with van der Waals surface area (Å²) in [6.07, 6.45) is 2.79. The minimum absolute atomic E-state index is 0.206. The van der Waals surface area contributed by atoms with Crippen LogP contribution in [0.25, 0.3) is 10.9 Å². The van der Waals surface area contributed by atoms with Gasteiger partial charge in [-0.05, 0) is 36.7 Å². The third-order valence-corrected chi connectivity index (χ3v) is 2.54. The predicted octanol–water partition coefficient (Wildman–Crippen LogP) is 2.87. The summed E-state index contributed by atoms with van der Waals surface area (Å²) in [5.41, 5.74) is 1.80. The van der Waals surface area contributed by atoms with Crippen LogP contribution in [-0.2, 0) is 6.54 Å². The van der Waals surface area contributed by atoms with Crippen molar-refractivity contribution in [3.8, 4) is 0 Å². The molecule has 2 nitrogen and oxygen atoms in total. The molecule has 0 amide bonds. The molecule has 0 atom stereocenters. The van der Waals surface area contributed by atoms with E-state index in [9.17, 15) is 4.39 Å². The van der Waals surface area contributed by atoms with Crippen LogP contribution in [0.4, 0.5) is 4.39 Å². The van der Waals surface area contributed by atoms with E-state index in [0.717, 1.165) is 30.6 Å². The molecule has 1 heterocycles. The predicted molar refractivity (Wildman–Crippen MR) is 63.7 cm³/mol. The number of rotatable bonds is 4. The first-order chi connectivity index (χ1) is 7.83. The first kappa shape index (κ1) is 11.0. The molecule has 0 saturated carbocycles. The smallest absolute Gasteiger partial charge is 0.132 e. The Morgan fingerprint density at radius 3 is 3.00 bits per heavy atom. The quantitative estimate of drug-likeness (QED) is 0.798. The van der Waals surface area contributed by atoms with E-state index in [4.69, 9.17) is 0 Å². The van der Waals surface area contributed by atoms with Crippen molar-refractivity contribution < 1.29 is 4.39 Å². The van der Waals surface area contributed by atoms with Crippen LogP contribution in [0.5, 0.6) is 0 Å². The molecule has 0 aliphatic rings. The minimum atomic E-state index is -0.206. The van der Waals surface area contributed by atoms with Crippen LogP contribution in [0.2, 0.25) is 0 Å². The Labute approximate surface area is 94.5 Å². The molecule has 2 aromatic rings. The van der Waals surface area contributed by atoms with Crippen LogP contribution in [0, 0.1) is 5.82 Å². The largest absolute Gasteiger partial charge is 0.313 e. The first-order valence-corrected chi connectivity index (χ1v) is 5.55. The van der Waals surface area contributed by atoms with E-state index in [2.05, 4.69) is 17.2 Å². The van der Waals surface area contributed by atoms with Gasteiger partial charge in [-0.15, -0.1) is 0 Å². The second-order valence-electron chi connectivity index (χ2n) is 3.78. The van der Waals surface area contributed by atoms with Crippen LogP contribution in [0.3, 0.4) is 0 Å². The summed E-state index contributed by atoms with van der Waals surface area (Å²) < 4.78 is 13.5. The highest BCUT2D eigenvalue weighted by atomic mass is 19.1. The van der Waals surface area contributed by atoms with Crippen molar-refractivity contribution >= 4 is 10.9 Å². The third kappa shape index (κ3) is 2.19. The SMILES string of the molecule is CCCNCc1ccc(F)c2cccnc12. The third-order valence-electron chi connectivity index (χ3n) is 2.54.